The van der Waals surface area contributed by atoms with Crippen LogP contribution >= 0.6 is 0 Å². The molecule has 1 fully saturated rings. The van der Waals surface area contributed by atoms with E-state index >= 15 is 0 Å². The monoisotopic (exact) mass is 249 g/mol. The summed E-state index contributed by atoms with van der Waals surface area (Å²) in [6.45, 7) is 9.31. The zero-order chi connectivity index (χ0) is 13.3. The van der Waals surface area contributed by atoms with E-state index in [0.717, 1.165) is 24.3 Å². The first kappa shape index (κ1) is 13.2. The van der Waals surface area contributed by atoms with E-state index in [1.165, 1.54) is 0 Å². The van der Waals surface area contributed by atoms with Crippen molar-refractivity contribution in [3.05, 3.63) is 23.8 Å². The van der Waals surface area contributed by atoms with E-state index in [1.54, 1.807) is 12.1 Å². The second-order valence-electron chi connectivity index (χ2n) is 5.70. The zero-order valence-electron chi connectivity index (χ0n) is 11.7. The predicted molar refractivity (Wildman–Crippen MR) is 74.1 cm³/mol. The Kier molecular flexibility index (Phi) is 3.53. The van der Waals surface area contributed by atoms with Crippen molar-refractivity contribution in [1.82, 2.24) is 0 Å². The molecule has 2 unspecified atom stereocenters. The molecule has 0 aromatic heterocycles. The third kappa shape index (κ3) is 2.32. The molecule has 0 heterocycles. The van der Waals surface area contributed by atoms with Crippen molar-refractivity contribution < 1.29 is 9.84 Å². The lowest BCUT2D eigenvalue weighted by molar-refractivity contribution is -0.0976. The number of hydrogen-bond acceptors (Lipinski definition) is 3. The molecular weight excluding hydrogens is 226 g/mol. The third-order valence-electron chi connectivity index (χ3n) is 4.09. The molecular formula is C15H23NO2. The topological polar surface area (TPSA) is 41.5 Å². The maximum Gasteiger partial charge on any atom is 0.115 e. The van der Waals surface area contributed by atoms with Crippen LogP contribution in [0.25, 0.3) is 0 Å². The summed E-state index contributed by atoms with van der Waals surface area (Å²) in [6, 6.07) is 5.88. The quantitative estimate of drug-likeness (QED) is 0.804. The van der Waals surface area contributed by atoms with Crippen LogP contribution in [-0.2, 0) is 4.74 Å². The second kappa shape index (κ2) is 4.81. The number of anilines is 1. The Balaban J connectivity index is 2.03. The summed E-state index contributed by atoms with van der Waals surface area (Å²) >= 11 is 0. The largest absolute Gasteiger partial charge is 0.508 e. The fourth-order valence-corrected chi connectivity index (χ4v) is 2.61. The van der Waals surface area contributed by atoms with Gasteiger partial charge in [0.15, 0.2) is 0 Å². The summed E-state index contributed by atoms with van der Waals surface area (Å²) < 4.78 is 5.73. The van der Waals surface area contributed by atoms with Crippen molar-refractivity contribution in [3.8, 4) is 5.75 Å². The molecule has 2 rings (SSSR count). The number of phenols is 1. The number of rotatable bonds is 4. The van der Waals surface area contributed by atoms with E-state index in [9.17, 15) is 5.11 Å². The standard InChI is InChI=1S/C15H23NO2/c1-5-18-14-9-13(15(14,3)4)16-12-7-6-11(17)8-10(12)2/h6-8,13-14,16-17H,5,9H2,1-4H3. The Morgan fingerprint density at radius 3 is 2.72 bits per heavy atom. The van der Waals surface area contributed by atoms with Gasteiger partial charge in [-0.1, -0.05) is 13.8 Å². The van der Waals surface area contributed by atoms with Crippen LogP contribution in [0.5, 0.6) is 5.75 Å². The maximum absolute atomic E-state index is 9.41. The van der Waals surface area contributed by atoms with Gasteiger partial charge in [0.05, 0.1) is 6.10 Å². The Bertz CT molecular complexity index is 429. The van der Waals surface area contributed by atoms with E-state index in [1.807, 2.05) is 19.9 Å². The minimum atomic E-state index is 0.153. The van der Waals surface area contributed by atoms with Crippen LogP contribution in [0.15, 0.2) is 18.2 Å². The molecule has 0 saturated heterocycles. The number of nitrogens with one attached hydrogen (secondary N) is 1. The van der Waals surface area contributed by atoms with E-state index in [0.29, 0.717) is 17.9 Å². The predicted octanol–water partition coefficient (Wildman–Crippen LogP) is 3.32. The first-order valence-corrected chi connectivity index (χ1v) is 6.63. The lowest BCUT2D eigenvalue weighted by Gasteiger charge is -2.52. The number of phenolic OH excluding ortho intramolecular Hbond substituents is 1. The highest BCUT2D eigenvalue weighted by molar-refractivity contribution is 5.54. The number of benzene rings is 1. The Hall–Kier alpha value is -1.22. The molecule has 0 aliphatic heterocycles. The van der Waals surface area contributed by atoms with Crippen LogP contribution < -0.4 is 5.32 Å². The van der Waals surface area contributed by atoms with E-state index in [4.69, 9.17) is 4.74 Å². The molecule has 1 saturated carbocycles. The van der Waals surface area contributed by atoms with Gasteiger partial charge in [-0.2, -0.15) is 0 Å². The molecule has 0 spiro atoms. The lowest BCUT2D eigenvalue weighted by atomic mass is 9.64. The van der Waals surface area contributed by atoms with E-state index in [2.05, 4.69) is 19.2 Å². The number of ether oxygens (including phenoxy) is 1. The molecule has 18 heavy (non-hydrogen) atoms. The minimum absolute atomic E-state index is 0.153. The van der Waals surface area contributed by atoms with Crippen molar-refractivity contribution in [1.29, 1.82) is 0 Å². The summed E-state index contributed by atoms with van der Waals surface area (Å²) in [5.74, 6) is 0.318. The maximum atomic E-state index is 9.41. The molecule has 1 aliphatic rings. The van der Waals surface area contributed by atoms with Crippen molar-refractivity contribution in [2.45, 2.75) is 46.3 Å². The highest BCUT2D eigenvalue weighted by atomic mass is 16.5. The number of hydrogen-bond donors (Lipinski definition) is 2. The highest BCUT2D eigenvalue weighted by Gasteiger charge is 2.48. The van der Waals surface area contributed by atoms with Gasteiger partial charge in [0.25, 0.3) is 0 Å². The van der Waals surface area contributed by atoms with Crippen molar-refractivity contribution in [2.75, 3.05) is 11.9 Å². The van der Waals surface area contributed by atoms with Crippen LogP contribution in [0.3, 0.4) is 0 Å². The third-order valence-corrected chi connectivity index (χ3v) is 4.09. The van der Waals surface area contributed by atoms with Gasteiger partial charge in [-0.25, -0.2) is 0 Å². The zero-order valence-corrected chi connectivity index (χ0v) is 11.7. The normalized spacial score (nSPS) is 25.6. The lowest BCUT2D eigenvalue weighted by Crippen LogP contribution is -2.58. The molecule has 1 aliphatic carbocycles. The van der Waals surface area contributed by atoms with Crippen molar-refractivity contribution >= 4 is 5.69 Å². The van der Waals surface area contributed by atoms with Crippen LogP contribution in [0.4, 0.5) is 5.69 Å². The first-order chi connectivity index (χ1) is 8.45. The van der Waals surface area contributed by atoms with Crippen LogP contribution in [-0.4, -0.2) is 23.9 Å². The smallest absolute Gasteiger partial charge is 0.115 e. The second-order valence-corrected chi connectivity index (χ2v) is 5.70. The van der Waals surface area contributed by atoms with Crippen molar-refractivity contribution in [2.24, 2.45) is 5.41 Å². The SMILES string of the molecule is CCOC1CC(Nc2ccc(O)cc2C)C1(C)C. The molecule has 1 aromatic rings. The molecule has 0 radical (unpaired) electrons. The van der Waals surface area contributed by atoms with Crippen molar-refractivity contribution in [3.63, 3.8) is 0 Å². The number of aryl methyl sites for hydroxylation is 1. The Morgan fingerprint density at radius 2 is 2.17 bits per heavy atom. The van der Waals surface area contributed by atoms with Crippen LogP contribution in [0, 0.1) is 12.3 Å². The van der Waals surface area contributed by atoms with Crippen LogP contribution in [0.1, 0.15) is 32.8 Å². The molecule has 100 valence electrons. The molecule has 2 atom stereocenters. The Morgan fingerprint density at radius 1 is 1.44 bits per heavy atom. The Labute approximate surface area is 109 Å². The molecule has 1 aromatic carbocycles. The minimum Gasteiger partial charge on any atom is -0.508 e. The van der Waals surface area contributed by atoms with E-state index < -0.39 is 0 Å². The highest BCUT2D eigenvalue weighted by Crippen LogP contribution is 2.44. The van der Waals surface area contributed by atoms with Crippen LogP contribution in [0.2, 0.25) is 0 Å². The number of aromatic hydroxyl groups is 1. The summed E-state index contributed by atoms with van der Waals surface area (Å²) in [4.78, 5) is 0. The van der Waals surface area contributed by atoms with Gasteiger partial charge in [0.1, 0.15) is 5.75 Å². The average Bonchev–Trinajstić information content (AvgIpc) is 2.30. The molecule has 3 heteroatoms. The summed E-state index contributed by atoms with van der Waals surface area (Å²) in [7, 11) is 0. The molecule has 3 nitrogen and oxygen atoms in total. The fourth-order valence-electron chi connectivity index (χ4n) is 2.61. The summed E-state index contributed by atoms with van der Waals surface area (Å²) in [6.07, 6.45) is 1.39. The molecule has 2 N–H and O–H groups in total. The van der Waals surface area contributed by atoms with E-state index in [-0.39, 0.29) is 5.41 Å². The summed E-state index contributed by atoms with van der Waals surface area (Å²) in [5, 5.41) is 13.0. The van der Waals surface area contributed by atoms with Gasteiger partial charge in [0, 0.05) is 23.8 Å². The fraction of sp³-hybridized carbons (Fsp3) is 0.600. The van der Waals surface area contributed by atoms with Gasteiger partial charge in [-0.3, -0.25) is 0 Å². The molecule has 0 bridgehead atoms. The van der Waals surface area contributed by atoms with Gasteiger partial charge >= 0.3 is 0 Å². The first-order valence-electron chi connectivity index (χ1n) is 6.63. The van der Waals surface area contributed by atoms with Gasteiger partial charge in [0.2, 0.25) is 0 Å². The van der Waals surface area contributed by atoms with Gasteiger partial charge in [-0.05, 0) is 44.0 Å². The molecule has 0 amide bonds. The average molecular weight is 249 g/mol. The van der Waals surface area contributed by atoms with Gasteiger partial charge < -0.3 is 15.2 Å². The van der Waals surface area contributed by atoms with Gasteiger partial charge in [-0.15, -0.1) is 0 Å². The summed E-state index contributed by atoms with van der Waals surface area (Å²) in [5.41, 5.74) is 2.33.